The van der Waals surface area contributed by atoms with Gasteiger partial charge in [-0.3, -0.25) is 9.80 Å². The largest absolute Gasteiger partial charge is 0.342 e. The SMILES string of the molecule is Cc1[nH]c(-c2ccccc2)nc1C(C)N1CCN(C(c2ccc(F)cc2)c2ccc(F)cc2)CC1.Cl.Cl.Cl. The molecular weight excluding hydrogens is 549 g/mol. The number of hydrogen-bond acceptors (Lipinski definition) is 3. The molecule has 1 fully saturated rings. The van der Waals surface area contributed by atoms with Crippen molar-refractivity contribution in [1.29, 1.82) is 0 Å². The molecule has 0 bridgehead atoms. The highest BCUT2D eigenvalue weighted by Gasteiger charge is 2.30. The number of halogens is 5. The summed E-state index contributed by atoms with van der Waals surface area (Å²) in [6.07, 6.45) is 0. The maximum Gasteiger partial charge on any atom is 0.137 e. The highest BCUT2D eigenvalue weighted by molar-refractivity contribution is 5.86. The van der Waals surface area contributed by atoms with Crippen LogP contribution in [-0.4, -0.2) is 45.9 Å². The normalized spacial score (nSPS) is 14.8. The van der Waals surface area contributed by atoms with Gasteiger partial charge in [0.2, 0.25) is 0 Å². The predicted molar refractivity (Wildman–Crippen MR) is 157 cm³/mol. The third-order valence-corrected chi connectivity index (χ3v) is 7.00. The summed E-state index contributed by atoms with van der Waals surface area (Å²) in [6.45, 7) is 7.75. The number of imidazole rings is 1. The Bertz CT molecular complexity index is 1210. The Morgan fingerprint density at radius 1 is 0.711 bits per heavy atom. The molecule has 1 N–H and O–H groups in total. The lowest BCUT2D eigenvalue weighted by atomic mass is 9.96. The van der Waals surface area contributed by atoms with Crippen molar-refractivity contribution in [2.45, 2.75) is 25.9 Å². The number of piperazine rings is 1. The molecule has 3 aromatic carbocycles. The molecule has 1 unspecified atom stereocenters. The van der Waals surface area contributed by atoms with Crippen LogP contribution in [0.15, 0.2) is 78.9 Å². The monoisotopic (exact) mass is 580 g/mol. The van der Waals surface area contributed by atoms with Crippen molar-refractivity contribution in [3.63, 3.8) is 0 Å². The molecule has 1 aliphatic rings. The summed E-state index contributed by atoms with van der Waals surface area (Å²) in [7, 11) is 0. The molecule has 38 heavy (non-hydrogen) atoms. The van der Waals surface area contributed by atoms with Crippen molar-refractivity contribution in [1.82, 2.24) is 19.8 Å². The first-order chi connectivity index (χ1) is 17.0. The third-order valence-electron chi connectivity index (χ3n) is 7.00. The number of hydrogen-bond donors (Lipinski definition) is 1. The first-order valence-electron chi connectivity index (χ1n) is 12.1. The number of benzene rings is 3. The lowest BCUT2D eigenvalue weighted by Crippen LogP contribution is -2.48. The molecule has 0 amide bonds. The minimum absolute atomic E-state index is 0. The van der Waals surface area contributed by atoms with Crippen molar-refractivity contribution in [3.05, 3.63) is 113 Å². The number of nitrogens with one attached hydrogen (secondary N) is 1. The zero-order chi connectivity index (χ0) is 24.4. The van der Waals surface area contributed by atoms with Crippen molar-refractivity contribution >= 4 is 37.2 Å². The van der Waals surface area contributed by atoms with Crippen LogP contribution in [0.4, 0.5) is 8.78 Å². The molecular formula is C29H33Cl3F2N4. The van der Waals surface area contributed by atoms with Crippen LogP contribution in [0.5, 0.6) is 0 Å². The second-order valence-corrected chi connectivity index (χ2v) is 9.22. The maximum atomic E-state index is 13.6. The summed E-state index contributed by atoms with van der Waals surface area (Å²) in [5.41, 5.74) is 5.27. The standard InChI is InChI=1S/C29H30F2N4.3ClH/c1-20-27(33-29(32-20)24-6-4-3-5-7-24)21(2)34-16-18-35(19-17-34)28(22-8-12-25(30)13-9-22)23-10-14-26(31)15-11-23;;;/h3-15,21,28H,16-19H2,1-2H3,(H,32,33);3*1H. The highest BCUT2D eigenvalue weighted by atomic mass is 35.5. The molecule has 1 saturated heterocycles. The van der Waals surface area contributed by atoms with E-state index in [0.29, 0.717) is 0 Å². The molecule has 5 rings (SSSR count). The van der Waals surface area contributed by atoms with Gasteiger partial charge in [0.05, 0.1) is 17.8 Å². The van der Waals surface area contributed by atoms with Crippen LogP contribution in [0.25, 0.3) is 11.4 Å². The molecule has 0 saturated carbocycles. The van der Waals surface area contributed by atoms with Gasteiger partial charge < -0.3 is 4.98 Å². The van der Waals surface area contributed by atoms with E-state index in [9.17, 15) is 8.78 Å². The molecule has 4 aromatic rings. The Labute approximate surface area is 241 Å². The maximum absolute atomic E-state index is 13.6. The van der Waals surface area contributed by atoms with Gasteiger partial charge in [-0.1, -0.05) is 54.6 Å². The molecule has 2 heterocycles. The van der Waals surface area contributed by atoms with E-state index in [-0.39, 0.29) is 60.9 Å². The Morgan fingerprint density at radius 2 is 1.18 bits per heavy atom. The first-order valence-corrected chi connectivity index (χ1v) is 12.1. The molecule has 0 aliphatic carbocycles. The van der Waals surface area contributed by atoms with E-state index < -0.39 is 0 Å². The van der Waals surface area contributed by atoms with Gasteiger partial charge in [-0.25, -0.2) is 13.8 Å². The second-order valence-electron chi connectivity index (χ2n) is 9.22. The van der Waals surface area contributed by atoms with Crippen LogP contribution in [0.1, 0.15) is 41.5 Å². The summed E-state index contributed by atoms with van der Waals surface area (Å²) in [5, 5.41) is 0. The number of aromatic nitrogens is 2. The van der Waals surface area contributed by atoms with Gasteiger partial charge >= 0.3 is 0 Å². The smallest absolute Gasteiger partial charge is 0.137 e. The molecule has 1 atom stereocenters. The van der Waals surface area contributed by atoms with Gasteiger partial charge in [0.1, 0.15) is 17.5 Å². The van der Waals surface area contributed by atoms with E-state index in [4.69, 9.17) is 4.98 Å². The fourth-order valence-electron chi connectivity index (χ4n) is 5.07. The average Bonchev–Trinajstić information content (AvgIpc) is 3.28. The van der Waals surface area contributed by atoms with Crippen molar-refractivity contribution < 1.29 is 8.78 Å². The van der Waals surface area contributed by atoms with Gasteiger partial charge in [0.15, 0.2) is 0 Å². The summed E-state index contributed by atoms with van der Waals surface area (Å²) < 4.78 is 27.2. The summed E-state index contributed by atoms with van der Waals surface area (Å²) in [4.78, 5) is 13.2. The fraction of sp³-hybridized carbons (Fsp3) is 0.276. The van der Waals surface area contributed by atoms with E-state index in [1.807, 2.05) is 42.5 Å². The number of nitrogens with zero attached hydrogens (tertiary/aromatic N) is 3. The fourth-order valence-corrected chi connectivity index (χ4v) is 5.07. The lowest BCUT2D eigenvalue weighted by Gasteiger charge is -2.41. The molecule has 9 heteroatoms. The first kappa shape index (κ1) is 31.7. The number of H-pyrrole nitrogens is 1. The van der Waals surface area contributed by atoms with Gasteiger partial charge in [0.25, 0.3) is 0 Å². The summed E-state index contributed by atoms with van der Waals surface area (Å²) in [5.74, 6) is 0.389. The average molecular weight is 582 g/mol. The second kappa shape index (κ2) is 14.1. The lowest BCUT2D eigenvalue weighted by molar-refractivity contribution is 0.0825. The van der Waals surface area contributed by atoms with E-state index in [0.717, 1.165) is 60.1 Å². The van der Waals surface area contributed by atoms with Crippen molar-refractivity contribution in [2.75, 3.05) is 26.2 Å². The Morgan fingerprint density at radius 3 is 1.68 bits per heavy atom. The Balaban J connectivity index is 0.00000169. The molecule has 0 radical (unpaired) electrons. The van der Waals surface area contributed by atoms with Gasteiger partial charge in [-0.05, 0) is 49.2 Å². The number of aromatic amines is 1. The molecule has 0 spiro atoms. The number of aryl methyl sites for hydroxylation is 1. The minimum Gasteiger partial charge on any atom is -0.342 e. The molecule has 1 aliphatic heterocycles. The van der Waals surface area contributed by atoms with Crippen LogP contribution in [0.3, 0.4) is 0 Å². The van der Waals surface area contributed by atoms with Gasteiger partial charge in [-0.2, -0.15) is 0 Å². The highest BCUT2D eigenvalue weighted by Crippen LogP contribution is 2.32. The Hall–Kier alpha value is -2.48. The van der Waals surface area contributed by atoms with Crippen molar-refractivity contribution in [3.8, 4) is 11.4 Å². The minimum atomic E-state index is -0.255. The van der Waals surface area contributed by atoms with Crippen LogP contribution in [0.2, 0.25) is 0 Å². The quantitative estimate of drug-likeness (QED) is 0.258. The van der Waals surface area contributed by atoms with Crippen LogP contribution >= 0.6 is 37.2 Å². The zero-order valence-corrected chi connectivity index (χ0v) is 23.8. The van der Waals surface area contributed by atoms with Crippen LogP contribution < -0.4 is 0 Å². The van der Waals surface area contributed by atoms with Gasteiger partial charge in [0, 0.05) is 37.4 Å². The van der Waals surface area contributed by atoms with Crippen LogP contribution in [-0.2, 0) is 0 Å². The molecule has 204 valence electrons. The van der Waals surface area contributed by atoms with E-state index in [1.165, 1.54) is 24.3 Å². The Kier molecular flexibility index (Phi) is 11.7. The van der Waals surface area contributed by atoms with E-state index in [2.05, 4.69) is 40.8 Å². The molecule has 4 nitrogen and oxygen atoms in total. The van der Waals surface area contributed by atoms with Crippen LogP contribution in [0, 0.1) is 18.6 Å². The van der Waals surface area contributed by atoms with Crippen molar-refractivity contribution in [2.24, 2.45) is 0 Å². The zero-order valence-electron chi connectivity index (χ0n) is 21.3. The topological polar surface area (TPSA) is 35.2 Å². The summed E-state index contributed by atoms with van der Waals surface area (Å²) >= 11 is 0. The molecule has 1 aromatic heterocycles. The van der Waals surface area contributed by atoms with E-state index >= 15 is 0 Å². The predicted octanol–water partition coefficient (Wildman–Crippen LogP) is 7.40. The van der Waals surface area contributed by atoms with Gasteiger partial charge in [-0.15, -0.1) is 37.2 Å². The number of rotatable bonds is 6. The third kappa shape index (κ3) is 6.93. The summed E-state index contributed by atoms with van der Waals surface area (Å²) in [6, 6.07) is 23.6. The van der Waals surface area contributed by atoms with E-state index in [1.54, 1.807) is 0 Å².